The first-order valence-corrected chi connectivity index (χ1v) is 6.76. The number of rotatable bonds is 7. The third-order valence-electron chi connectivity index (χ3n) is 3.66. The van der Waals surface area contributed by atoms with E-state index in [0.29, 0.717) is 19.3 Å². The Labute approximate surface area is 104 Å². The van der Waals surface area contributed by atoms with Crippen LogP contribution in [-0.2, 0) is 9.47 Å². The molecular weight excluding hydrogens is 218 g/mol. The summed E-state index contributed by atoms with van der Waals surface area (Å²) in [6.07, 6.45) is 4.88. The molecule has 0 aromatic carbocycles. The molecule has 1 saturated carbocycles. The highest BCUT2D eigenvalue weighted by Gasteiger charge is 2.32. The summed E-state index contributed by atoms with van der Waals surface area (Å²) in [7, 11) is 0. The molecule has 1 aliphatic heterocycles. The van der Waals surface area contributed by atoms with Gasteiger partial charge in [-0.1, -0.05) is 19.8 Å². The van der Waals surface area contributed by atoms with Crippen LogP contribution in [0.2, 0.25) is 0 Å². The molecule has 2 aliphatic rings. The molecule has 4 nitrogen and oxygen atoms in total. The maximum Gasteiger partial charge on any atom is 0.0897 e. The van der Waals surface area contributed by atoms with E-state index in [0.717, 1.165) is 32.6 Å². The van der Waals surface area contributed by atoms with Crippen LogP contribution in [0, 0.1) is 5.41 Å². The summed E-state index contributed by atoms with van der Waals surface area (Å²) in [4.78, 5) is 0. The average molecular weight is 243 g/mol. The molecule has 1 saturated heterocycles. The maximum absolute atomic E-state index is 9.78. The van der Waals surface area contributed by atoms with Crippen LogP contribution < -0.4 is 5.32 Å². The molecule has 100 valence electrons. The van der Waals surface area contributed by atoms with E-state index in [9.17, 15) is 5.11 Å². The van der Waals surface area contributed by atoms with Crippen molar-refractivity contribution in [3.05, 3.63) is 0 Å². The lowest BCUT2D eigenvalue weighted by molar-refractivity contribution is -0.100. The molecule has 1 heterocycles. The number of ether oxygens (including phenoxy) is 2. The normalized spacial score (nSPS) is 25.8. The lowest BCUT2D eigenvalue weighted by atomic mass is 9.89. The summed E-state index contributed by atoms with van der Waals surface area (Å²) in [6, 6.07) is 0. The first-order chi connectivity index (χ1) is 8.18. The van der Waals surface area contributed by atoms with Gasteiger partial charge in [0.05, 0.1) is 32.0 Å². The third-order valence-corrected chi connectivity index (χ3v) is 3.66. The van der Waals surface area contributed by atoms with Crippen molar-refractivity contribution in [3.8, 4) is 0 Å². The van der Waals surface area contributed by atoms with Gasteiger partial charge in [0.15, 0.2) is 0 Å². The minimum absolute atomic E-state index is 0.270. The SMILES string of the molecule is CC1(CNCC(O)COC2CCCC2)COC1. The van der Waals surface area contributed by atoms with Gasteiger partial charge in [0.2, 0.25) is 0 Å². The predicted molar refractivity (Wildman–Crippen MR) is 66.0 cm³/mol. The molecule has 2 fully saturated rings. The van der Waals surface area contributed by atoms with Crippen LogP contribution in [0.3, 0.4) is 0 Å². The van der Waals surface area contributed by atoms with E-state index in [2.05, 4.69) is 12.2 Å². The Morgan fingerprint density at radius 1 is 1.41 bits per heavy atom. The van der Waals surface area contributed by atoms with E-state index >= 15 is 0 Å². The van der Waals surface area contributed by atoms with Crippen molar-refractivity contribution in [2.75, 3.05) is 32.9 Å². The van der Waals surface area contributed by atoms with Crippen LogP contribution in [0.25, 0.3) is 0 Å². The van der Waals surface area contributed by atoms with Gasteiger partial charge >= 0.3 is 0 Å². The van der Waals surface area contributed by atoms with Gasteiger partial charge in [-0.3, -0.25) is 0 Å². The molecule has 1 atom stereocenters. The van der Waals surface area contributed by atoms with Crippen LogP contribution >= 0.6 is 0 Å². The Morgan fingerprint density at radius 2 is 2.12 bits per heavy atom. The van der Waals surface area contributed by atoms with E-state index in [1.165, 1.54) is 12.8 Å². The van der Waals surface area contributed by atoms with E-state index < -0.39 is 0 Å². The number of nitrogens with one attached hydrogen (secondary N) is 1. The van der Waals surface area contributed by atoms with Crippen LogP contribution in [0.1, 0.15) is 32.6 Å². The minimum Gasteiger partial charge on any atom is -0.389 e. The second-order valence-corrected chi connectivity index (χ2v) is 5.83. The van der Waals surface area contributed by atoms with Gasteiger partial charge in [0, 0.05) is 18.5 Å². The van der Waals surface area contributed by atoms with Gasteiger partial charge in [0.1, 0.15) is 0 Å². The van der Waals surface area contributed by atoms with Crippen molar-refractivity contribution >= 4 is 0 Å². The van der Waals surface area contributed by atoms with Gasteiger partial charge in [-0.25, -0.2) is 0 Å². The van der Waals surface area contributed by atoms with Gasteiger partial charge in [-0.15, -0.1) is 0 Å². The summed E-state index contributed by atoms with van der Waals surface area (Å²) in [6.45, 7) is 5.84. The minimum atomic E-state index is -0.389. The van der Waals surface area contributed by atoms with Gasteiger partial charge in [0.25, 0.3) is 0 Å². The molecule has 0 amide bonds. The van der Waals surface area contributed by atoms with Crippen molar-refractivity contribution in [1.29, 1.82) is 0 Å². The summed E-state index contributed by atoms with van der Waals surface area (Å²) >= 11 is 0. The molecule has 0 aromatic rings. The zero-order valence-corrected chi connectivity index (χ0v) is 10.8. The maximum atomic E-state index is 9.78. The zero-order valence-electron chi connectivity index (χ0n) is 10.8. The molecule has 0 radical (unpaired) electrons. The zero-order chi connectivity index (χ0) is 12.1. The number of aliphatic hydroxyl groups is 1. The van der Waals surface area contributed by atoms with Gasteiger partial charge in [-0.05, 0) is 12.8 Å². The summed E-state index contributed by atoms with van der Waals surface area (Å²) < 4.78 is 10.9. The molecule has 4 heteroatoms. The molecule has 1 aliphatic carbocycles. The monoisotopic (exact) mass is 243 g/mol. The van der Waals surface area contributed by atoms with Crippen molar-refractivity contribution in [2.24, 2.45) is 5.41 Å². The fourth-order valence-corrected chi connectivity index (χ4v) is 2.45. The predicted octanol–water partition coefficient (Wildman–Crippen LogP) is 0.933. The first kappa shape index (κ1) is 13.3. The Bertz CT molecular complexity index is 225. The number of hydrogen-bond acceptors (Lipinski definition) is 4. The molecule has 0 spiro atoms. The van der Waals surface area contributed by atoms with Gasteiger partial charge < -0.3 is 19.9 Å². The van der Waals surface area contributed by atoms with Gasteiger partial charge in [-0.2, -0.15) is 0 Å². The first-order valence-electron chi connectivity index (χ1n) is 6.76. The van der Waals surface area contributed by atoms with E-state index in [1.807, 2.05) is 0 Å². The number of hydrogen-bond donors (Lipinski definition) is 2. The van der Waals surface area contributed by atoms with Crippen LogP contribution in [0.4, 0.5) is 0 Å². The highest BCUT2D eigenvalue weighted by molar-refractivity contribution is 4.83. The Balaban J connectivity index is 1.49. The van der Waals surface area contributed by atoms with Crippen LogP contribution in [-0.4, -0.2) is 50.2 Å². The molecule has 0 aromatic heterocycles. The van der Waals surface area contributed by atoms with Crippen LogP contribution in [0.15, 0.2) is 0 Å². The average Bonchev–Trinajstić information content (AvgIpc) is 2.77. The summed E-state index contributed by atoms with van der Waals surface area (Å²) in [5.41, 5.74) is 0.270. The second kappa shape index (κ2) is 6.14. The van der Waals surface area contributed by atoms with E-state index in [1.54, 1.807) is 0 Å². The Hall–Kier alpha value is -0.160. The third kappa shape index (κ3) is 4.21. The quantitative estimate of drug-likeness (QED) is 0.698. The topological polar surface area (TPSA) is 50.7 Å². The van der Waals surface area contributed by atoms with Crippen molar-refractivity contribution in [3.63, 3.8) is 0 Å². The molecule has 0 bridgehead atoms. The standard InChI is InChI=1S/C13H25NO3/c1-13(9-16-10-13)8-14-6-11(15)7-17-12-4-2-3-5-12/h11-12,14-15H,2-10H2,1H3. The summed E-state index contributed by atoms with van der Waals surface area (Å²) in [5, 5.41) is 13.1. The largest absolute Gasteiger partial charge is 0.389 e. The number of aliphatic hydroxyl groups excluding tert-OH is 1. The Kier molecular flexibility index (Phi) is 4.79. The molecule has 2 N–H and O–H groups in total. The van der Waals surface area contributed by atoms with Crippen molar-refractivity contribution in [1.82, 2.24) is 5.32 Å². The lowest BCUT2D eigenvalue weighted by Gasteiger charge is -2.38. The lowest BCUT2D eigenvalue weighted by Crippen LogP contribution is -2.48. The van der Waals surface area contributed by atoms with E-state index in [-0.39, 0.29) is 11.5 Å². The molecule has 17 heavy (non-hydrogen) atoms. The molecule has 1 unspecified atom stereocenters. The molecular formula is C13H25NO3. The second-order valence-electron chi connectivity index (χ2n) is 5.83. The molecule has 2 rings (SSSR count). The highest BCUT2D eigenvalue weighted by atomic mass is 16.5. The van der Waals surface area contributed by atoms with Crippen LogP contribution in [0.5, 0.6) is 0 Å². The fraction of sp³-hybridized carbons (Fsp3) is 1.00. The fourth-order valence-electron chi connectivity index (χ4n) is 2.45. The smallest absolute Gasteiger partial charge is 0.0897 e. The van der Waals surface area contributed by atoms with Crippen molar-refractivity contribution in [2.45, 2.75) is 44.8 Å². The van der Waals surface area contributed by atoms with E-state index in [4.69, 9.17) is 9.47 Å². The Morgan fingerprint density at radius 3 is 2.71 bits per heavy atom. The van der Waals surface area contributed by atoms with Crippen molar-refractivity contribution < 1.29 is 14.6 Å². The summed E-state index contributed by atoms with van der Waals surface area (Å²) in [5.74, 6) is 0. The highest BCUT2D eigenvalue weighted by Crippen LogP contribution is 2.25.